The summed E-state index contributed by atoms with van der Waals surface area (Å²) in [6.45, 7) is 0.348. The number of hydrogen-bond acceptors (Lipinski definition) is 4. The van der Waals surface area contributed by atoms with Crippen LogP contribution in [0.3, 0.4) is 0 Å². The predicted octanol–water partition coefficient (Wildman–Crippen LogP) is 1.96. The summed E-state index contributed by atoms with van der Waals surface area (Å²) in [5, 5.41) is 6.96. The van der Waals surface area contributed by atoms with Crippen LogP contribution >= 0.6 is 0 Å². The van der Waals surface area contributed by atoms with E-state index in [0.717, 1.165) is 11.3 Å². The molecule has 0 aliphatic rings. The van der Waals surface area contributed by atoms with Gasteiger partial charge >= 0.3 is 6.01 Å². The summed E-state index contributed by atoms with van der Waals surface area (Å²) in [5.41, 5.74) is 1.91. The van der Waals surface area contributed by atoms with E-state index in [-0.39, 0.29) is 18.5 Å². The van der Waals surface area contributed by atoms with Gasteiger partial charge in [-0.2, -0.15) is 4.98 Å². The second kappa shape index (κ2) is 7.22. The molecule has 0 saturated heterocycles. The van der Waals surface area contributed by atoms with Gasteiger partial charge in [0.05, 0.1) is 5.69 Å². The number of amides is 1. The number of carbonyl (C=O) groups is 1. The van der Waals surface area contributed by atoms with Crippen LogP contribution in [0.5, 0.6) is 6.01 Å². The van der Waals surface area contributed by atoms with Crippen molar-refractivity contribution < 1.29 is 9.53 Å². The van der Waals surface area contributed by atoms with Crippen LogP contribution in [0, 0.1) is 0 Å². The molecule has 2 aromatic carbocycles. The summed E-state index contributed by atoms with van der Waals surface area (Å²) in [7, 11) is 0. The Kier molecular flexibility index (Phi) is 4.63. The zero-order valence-electron chi connectivity index (χ0n) is 12.4. The van der Waals surface area contributed by atoms with E-state index in [9.17, 15) is 4.79 Å². The quantitative estimate of drug-likeness (QED) is 0.756. The molecule has 3 aromatic rings. The molecule has 6 nitrogen and oxygen atoms in total. The number of aromatic nitrogens is 3. The Morgan fingerprint density at radius 3 is 2.48 bits per heavy atom. The van der Waals surface area contributed by atoms with Crippen molar-refractivity contribution in [3.8, 4) is 11.7 Å². The topological polar surface area (TPSA) is 69.0 Å². The molecule has 1 heterocycles. The number of benzene rings is 2. The Bertz CT molecular complexity index is 757. The van der Waals surface area contributed by atoms with Crippen molar-refractivity contribution in [3.05, 3.63) is 72.6 Å². The minimum Gasteiger partial charge on any atom is -0.452 e. The molecular weight excluding hydrogens is 292 g/mol. The molecule has 0 atom stereocenters. The van der Waals surface area contributed by atoms with Crippen LogP contribution in [0.4, 0.5) is 0 Å². The Morgan fingerprint density at radius 2 is 1.74 bits per heavy atom. The minimum absolute atomic E-state index is 0.119. The lowest BCUT2D eigenvalue weighted by Gasteiger charge is -2.05. The monoisotopic (exact) mass is 308 g/mol. The summed E-state index contributed by atoms with van der Waals surface area (Å²) < 4.78 is 6.90. The van der Waals surface area contributed by atoms with Crippen molar-refractivity contribution in [2.45, 2.75) is 6.54 Å². The second-order valence-electron chi connectivity index (χ2n) is 4.86. The van der Waals surface area contributed by atoms with Crippen molar-refractivity contribution in [1.29, 1.82) is 0 Å². The summed E-state index contributed by atoms with van der Waals surface area (Å²) in [4.78, 5) is 15.8. The van der Waals surface area contributed by atoms with Gasteiger partial charge in [-0.25, -0.2) is 4.68 Å². The highest BCUT2D eigenvalue weighted by molar-refractivity contribution is 5.77. The van der Waals surface area contributed by atoms with Gasteiger partial charge in [0, 0.05) is 6.54 Å². The normalized spacial score (nSPS) is 10.3. The molecule has 0 radical (unpaired) electrons. The lowest BCUT2D eigenvalue weighted by Crippen LogP contribution is -2.28. The molecule has 6 heteroatoms. The number of hydrogen-bond donors (Lipinski definition) is 1. The third-order valence-corrected chi connectivity index (χ3v) is 3.16. The maximum Gasteiger partial charge on any atom is 0.336 e. The van der Waals surface area contributed by atoms with E-state index in [1.54, 1.807) is 11.0 Å². The average molecular weight is 308 g/mol. The smallest absolute Gasteiger partial charge is 0.336 e. The highest BCUT2D eigenvalue weighted by atomic mass is 16.5. The largest absolute Gasteiger partial charge is 0.452 e. The van der Waals surface area contributed by atoms with Crippen molar-refractivity contribution in [1.82, 2.24) is 20.1 Å². The number of nitrogens with one attached hydrogen (secondary N) is 1. The van der Waals surface area contributed by atoms with E-state index >= 15 is 0 Å². The van der Waals surface area contributed by atoms with E-state index in [1.165, 1.54) is 0 Å². The molecular formula is C17H16N4O2. The summed E-state index contributed by atoms with van der Waals surface area (Å²) in [6, 6.07) is 19.4. The SMILES string of the molecule is O=C(COc1ncn(-c2ccccc2)n1)NCc1ccccc1. The fourth-order valence-corrected chi connectivity index (χ4v) is 2.00. The third kappa shape index (κ3) is 4.16. The van der Waals surface area contributed by atoms with E-state index in [4.69, 9.17) is 4.74 Å². The van der Waals surface area contributed by atoms with Crippen LogP contribution in [0.25, 0.3) is 5.69 Å². The van der Waals surface area contributed by atoms with Crippen LogP contribution in [0.2, 0.25) is 0 Å². The average Bonchev–Trinajstić information content (AvgIpc) is 3.09. The molecule has 0 aliphatic carbocycles. The van der Waals surface area contributed by atoms with E-state index in [1.807, 2.05) is 60.7 Å². The first-order valence-electron chi connectivity index (χ1n) is 7.22. The highest BCUT2D eigenvalue weighted by Crippen LogP contribution is 2.08. The molecule has 0 unspecified atom stereocenters. The number of nitrogens with zero attached hydrogens (tertiary/aromatic N) is 3. The second-order valence-corrected chi connectivity index (χ2v) is 4.86. The fraction of sp³-hybridized carbons (Fsp3) is 0.118. The minimum atomic E-state index is -0.218. The Morgan fingerprint density at radius 1 is 1.04 bits per heavy atom. The Balaban J connectivity index is 1.49. The van der Waals surface area contributed by atoms with Gasteiger partial charge in [0.2, 0.25) is 0 Å². The molecule has 0 bridgehead atoms. The summed E-state index contributed by atoms with van der Waals surface area (Å²) in [5.74, 6) is -0.218. The van der Waals surface area contributed by atoms with Gasteiger partial charge in [0.1, 0.15) is 6.33 Å². The molecule has 116 valence electrons. The standard InChI is InChI=1S/C17H16N4O2/c22-16(18-11-14-7-3-1-4-8-14)12-23-17-19-13-21(20-17)15-9-5-2-6-10-15/h1-10,13H,11-12H2,(H,18,22). The summed E-state index contributed by atoms with van der Waals surface area (Å²) in [6.07, 6.45) is 1.55. The molecule has 3 rings (SSSR count). The lowest BCUT2D eigenvalue weighted by atomic mass is 10.2. The molecule has 1 aromatic heterocycles. The van der Waals surface area contributed by atoms with Crippen molar-refractivity contribution >= 4 is 5.91 Å². The van der Waals surface area contributed by atoms with Gasteiger partial charge in [0.15, 0.2) is 6.61 Å². The first-order chi connectivity index (χ1) is 11.3. The van der Waals surface area contributed by atoms with Gasteiger partial charge in [0.25, 0.3) is 5.91 Å². The molecule has 23 heavy (non-hydrogen) atoms. The van der Waals surface area contributed by atoms with Gasteiger partial charge < -0.3 is 10.1 Å². The first kappa shape index (κ1) is 14.8. The zero-order valence-corrected chi connectivity index (χ0v) is 12.4. The number of ether oxygens (including phenoxy) is 1. The Hall–Kier alpha value is -3.15. The molecule has 1 N–H and O–H groups in total. The van der Waals surface area contributed by atoms with Crippen molar-refractivity contribution in [2.75, 3.05) is 6.61 Å². The van der Waals surface area contributed by atoms with E-state index in [0.29, 0.717) is 6.54 Å². The van der Waals surface area contributed by atoms with Gasteiger partial charge in [-0.05, 0) is 17.7 Å². The first-order valence-corrected chi connectivity index (χ1v) is 7.22. The predicted molar refractivity (Wildman–Crippen MR) is 85.1 cm³/mol. The van der Waals surface area contributed by atoms with Crippen LogP contribution < -0.4 is 10.1 Å². The molecule has 0 aliphatic heterocycles. The van der Waals surface area contributed by atoms with Crippen LogP contribution in [-0.2, 0) is 11.3 Å². The molecule has 1 amide bonds. The van der Waals surface area contributed by atoms with Gasteiger partial charge in [-0.15, -0.1) is 5.10 Å². The van der Waals surface area contributed by atoms with Gasteiger partial charge in [-0.1, -0.05) is 48.5 Å². The van der Waals surface area contributed by atoms with Crippen molar-refractivity contribution in [3.63, 3.8) is 0 Å². The highest BCUT2D eigenvalue weighted by Gasteiger charge is 2.07. The number of carbonyl (C=O) groups excluding carboxylic acids is 1. The number of rotatable bonds is 6. The molecule has 0 spiro atoms. The van der Waals surface area contributed by atoms with Gasteiger partial charge in [-0.3, -0.25) is 4.79 Å². The maximum atomic E-state index is 11.8. The molecule has 0 fully saturated rings. The summed E-state index contributed by atoms with van der Waals surface area (Å²) >= 11 is 0. The van der Waals surface area contributed by atoms with Crippen LogP contribution in [0.1, 0.15) is 5.56 Å². The third-order valence-electron chi connectivity index (χ3n) is 3.16. The molecule has 0 saturated carbocycles. The van der Waals surface area contributed by atoms with Crippen LogP contribution in [-0.4, -0.2) is 27.3 Å². The number of para-hydroxylation sites is 1. The zero-order chi connectivity index (χ0) is 15.9. The van der Waals surface area contributed by atoms with Crippen molar-refractivity contribution in [2.24, 2.45) is 0 Å². The lowest BCUT2D eigenvalue weighted by molar-refractivity contribution is -0.123. The Labute approximate surface area is 133 Å². The maximum absolute atomic E-state index is 11.8. The van der Waals surface area contributed by atoms with E-state index in [2.05, 4.69) is 15.4 Å². The van der Waals surface area contributed by atoms with Crippen LogP contribution in [0.15, 0.2) is 67.0 Å². The van der Waals surface area contributed by atoms with E-state index < -0.39 is 0 Å². The fourth-order valence-electron chi connectivity index (χ4n) is 2.00.